The Kier molecular flexibility index (Phi) is 12.9. The highest BCUT2D eigenvalue weighted by Crippen LogP contribution is 2.23. The Balaban J connectivity index is 1.46. The van der Waals surface area contributed by atoms with Crippen molar-refractivity contribution in [1.29, 1.82) is 0 Å². The van der Waals surface area contributed by atoms with Crippen molar-refractivity contribution in [3.05, 3.63) is 83.9 Å². The Hall–Kier alpha value is -3.93. The minimum atomic E-state index is -0.562. The predicted molar refractivity (Wildman–Crippen MR) is 161 cm³/mol. The van der Waals surface area contributed by atoms with E-state index < -0.39 is 12.1 Å². The standard InChI is InChI=1S/C34H41NO5/c1-4-6-7-8-9-10-23-39-32-21-17-29(18-22-32)28-13-11-27(12-14-28)25-35-31-19-15-30(16-20-31)34(37)40-26(3)24-33(36)38-5-2/h11-22,25-26H,4-10,23-24H2,1-3H3. The molecule has 0 saturated carbocycles. The summed E-state index contributed by atoms with van der Waals surface area (Å²) in [5, 5.41) is 0. The molecule has 0 heterocycles. The number of benzene rings is 3. The summed E-state index contributed by atoms with van der Waals surface area (Å²) in [4.78, 5) is 28.4. The third kappa shape index (κ3) is 10.7. The zero-order chi connectivity index (χ0) is 28.6. The van der Waals surface area contributed by atoms with Crippen LogP contribution in [0.5, 0.6) is 5.75 Å². The van der Waals surface area contributed by atoms with E-state index in [1.807, 2.05) is 24.3 Å². The topological polar surface area (TPSA) is 74.2 Å². The summed E-state index contributed by atoms with van der Waals surface area (Å²) < 4.78 is 16.1. The molecule has 0 saturated heterocycles. The summed E-state index contributed by atoms with van der Waals surface area (Å²) in [6.07, 6.45) is 8.80. The maximum atomic E-state index is 12.3. The number of aliphatic imine (C=N–C) groups is 1. The van der Waals surface area contributed by atoms with Crippen molar-refractivity contribution in [3.8, 4) is 16.9 Å². The van der Waals surface area contributed by atoms with Crippen molar-refractivity contribution < 1.29 is 23.8 Å². The normalized spacial score (nSPS) is 11.8. The highest BCUT2D eigenvalue weighted by Gasteiger charge is 2.16. The van der Waals surface area contributed by atoms with Crippen LogP contribution in [0.3, 0.4) is 0 Å². The van der Waals surface area contributed by atoms with Gasteiger partial charge in [0, 0.05) is 6.21 Å². The Bertz CT molecular complexity index is 1200. The van der Waals surface area contributed by atoms with Gasteiger partial charge in [0.25, 0.3) is 0 Å². The zero-order valence-corrected chi connectivity index (χ0v) is 23.9. The van der Waals surface area contributed by atoms with Gasteiger partial charge in [0.2, 0.25) is 0 Å². The van der Waals surface area contributed by atoms with Crippen LogP contribution in [0.2, 0.25) is 0 Å². The molecule has 212 valence electrons. The van der Waals surface area contributed by atoms with E-state index in [9.17, 15) is 9.59 Å². The number of unbranched alkanes of at least 4 members (excludes halogenated alkanes) is 5. The van der Waals surface area contributed by atoms with Crippen LogP contribution in [0, 0.1) is 0 Å². The van der Waals surface area contributed by atoms with E-state index in [1.165, 1.54) is 32.1 Å². The van der Waals surface area contributed by atoms with Crippen LogP contribution in [0.4, 0.5) is 5.69 Å². The van der Waals surface area contributed by atoms with Crippen LogP contribution in [0.25, 0.3) is 11.1 Å². The monoisotopic (exact) mass is 543 g/mol. The molecule has 1 atom stereocenters. The third-order valence-corrected chi connectivity index (χ3v) is 6.40. The molecule has 0 radical (unpaired) electrons. The largest absolute Gasteiger partial charge is 0.494 e. The maximum absolute atomic E-state index is 12.3. The second-order valence-corrected chi connectivity index (χ2v) is 9.79. The van der Waals surface area contributed by atoms with Crippen LogP contribution < -0.4 is 4.74 Å². The summed E-state index contributed by atoms with van der Waals surface area (Å²) in [6, 6.07) is 23.3. The molecular weight excluding hydrogens is 502 g/mol. The van der Waals surface area contributed by atoms with Crippen LogP contribution in [0.1, 0.15) is 81.6 Å². The molecule has 0 N–H and O–H groups in total. The van der Waals surface area contributed by atoms with Crippen LogP contribution in [-0.4, -0.2) is 37.5 Å². The highest BCUT2D eigenvalue weighted by atomic mass is 16.6. The van der Waals surface area contributed by atoms with E-state index in [0.717, 1.165) is 41.2 Å². The summed E-state index contributed by atoms with van der Waals surface area (Å²) in [6.45, 7) is 6.71. The van der Waals surface area contributed by atoms with Crippen LogP contribution in [0.15, 0.2) is 77.8 Å². The number of hydrogen-bond donors (Lipinski definition) is 0. The molecular formula is C34H41NO5. The van der Waals surface area contributed by atoms with E-state index in [-0.39, 0.29) is 12.4 Å². The Morgan fingerprint density at radius 3 is 2.08 bits per heavy atom. The molecule has 0 aliphatic carbocycles. The minimum absolute atomic E-state index is 0.0276. The van der Waals surface area contributed by atoms with Gasteiger partial charge in [0.05, 0.1) is 30.9 Å². The van der Waals surface area contributed by atoms with Gasteiger partial charge >= 0.3 is 11.9 Å². The molecule has 0 fully saturated rings. The predicted octanol–water partition coefficient (Wildman–Crippen LogP) is 8.34. The first-order valence-electron chi connectivity index (χ1n) is 14.3. The van der Waals surface area contributed by atoms with E-state index in [2.05, 4.69) is 36.2 Å². The lowest BCUT2D eigenvalue weighted by Crippen LogP contribution is -2.20. The molecule has 3 aromatic carbocycles. The third-order valence-electron chi connectivity index (χ3n) is 6.40. The smallest absolute Gasteiger partial charge is 0.338 e. The van der Waals surface area contributed by atoms with Crippen molar-refractivity contribution in [2.45, 2.75) is 71.8 Å². The molecule has 0 bridgehead atoms. The zero-order valence-electron chi connectivity index (χ0n) is 23.9. The first-order chi connectivity index (χ1) is 19.5. The first-order valence-corrected chi connectivity index (χ1v) is 14.3. The van der Waals surface area contributed by atoms with E-state index >= 15 is 0 Å². The van der Waals surface area contributed by atoms with Gasteiger partial charge in [0.1, 0.15) is 11.9 Å². The number of hydrogen-bond acceptors (Lipinski definition) is 6. The molecule has 0 aliphatic rings. The molecule has 0 spiro atoms. The van der Waals surface area contributed by atoms with E-state index in [1.54, 1.807) is 44.3 Å². The van der Waals surface area contributed by atoms with Crippen LogP contribution in [-0.2, 0) is 14.3 Å². The lowest BCUT2D eigenvalue weighted by Gasteiger charge is -2.12. The molecule has 6 heteroatoms. The van der Waals surface area contributed by atoms with Crippen molar-refractivity contribution in [2.75, 3.05) is 13.2 Å². The van der Waals surface area contributed by atoms with Gasteiger partial charge in [-0.3, -0.25) is 9.79 Å². The SMILES string of the molecule is CCCCCCCCOc1ccc(-c2ccc(C=Nc3ccc(C(=O)OC(C)CC(=O)OCC)cc3)cc2)cc1. The summed E-state index contributed by atoms with van der Waals surface area (Å²) in [5.74, 6) is 0.0361. The highest BCUT2D eigenvalue weighted by molar-refractivity contribution is 5.90. The van der Waals surface area contributed by atoms with Crippen molar-refractivity contribution in [2.24, 2.45) is 4.99 Å². The number of nitrogens with zero attached hydrogens (tertiary/aromatic N) is 1. The molecule has 0 amide bonds. The van der Waals surface area contributed by atoms with Crippen molar-refractivity contribution in [1.82, 2.24) is 0 Å². The van der Waals surface area contributed by atoms with Crippen LogP contribution >= 0.6 is 0 Å². The average Bonchev–Trinajstić information content (AvgIpc) is 2.96. The van der Waals surface area contributed by atoms with Gasteiger partial charge in [-0.1, -0.05) is 75.4 Å². The minimum Gasteiger partial charge on any atom is -0.494 e. The second kappa shape index (κ2) is 16.9. The molecule has 3 aromatic rings. The molecule has 0 aromatic heterocycles. The Morgan fingerprint density at radius 1 is 0.800 bits per heavy atom. The molecule has 1 unspecified atom stereocenters. The lowest BCUT2D eigenvalue weighted by atomic mass is 10.0. The number of rotatable bonds is 16. The van der Waals surface area contributed by atoms with Gasteiger partial charge in [-0.2, -0.15) is 0 Å². The quantitative estimate of drug-likeness (QED) is 0.103. The van der Waals surface area contributed by atoms with Gasteiger partial charge < -0.3 is 14.2 Å². The number of carbonyl (C=O) groups excluding carboxylic acids is 2. The number of ether oxygens (including phenoxy) is 3. The number of carbonyl (C=O) groups is 2. The van der Waals surface area contributed by atoms with Crippen molar-refractivity contribution in [3.63, 3.8) is 0 Å². The van der Waals surface area contributed by atoms with E-state index in [0.29, 0.717) is 12.2 Å². The van der Waals surface area contributed by atoms with Gasteiger partial charge in [-0.05, 0) is 73.4 Å². The fourth-order valence-corrected chi connectivity index (χ4v) is 4.16. The summed E-state index contributed by atoms with van der Waals surface area (Å²) >= 11 is 0. The van der Waals surface area contributed by atoms with Gasteiger partial charge in [-0.25, -0.2) is 4.79 Å². The summed E-state index contributed by atoms with van der Waals surface area (Å²) in [5.41, 5.74) is 4.35. The van der Waals surface area contributed by atoms with E-state index in [4.69, 9.17) is 14.2 Å². The average molecular weight is 544 g/mol. The Labute approximate surface area is 238 Å². The maximum Gasteiger partial charge on any atom is 0.338 e. The Morgan fingerprint density at radius 2 is 1.43 bits per heavy atom. The number of esters is 2. The van der Waals surface area contributed by atoms with Gasteiger partial charge in [-0.15, -0.1) is 0 Å². The fraction of sp³-hybridized carbons (Fsp3) is 0.382. The molecule has 3 rings (SSSR count). The second-order valence-electron chi connectivity index (χ2n) is 9.79. The van der Waals surface area contributed by atoms with Gasteiger partial charge in [0.15, 0.2) is 0 Å². The lowest BCUT2D eigenvalue weighted by molar-refractivity contribution is -0.145. The molecule has 0 aliphatic heterocycles. The first kappa shape index (κ1) is 30.6. The fourth-order valence-electron chi connectivity index (χ4n) is 4.16. The van der Waals surface area contributed by atoms with Crippen molar-refractivity contribution >= 4 is 23.8 Å². The summed E-state index contributed by atoms with van der Waals surface area (Å²) in [7, 11) is 0. The molecule has 40 heavy (non-hydrogen) atoms. The molecule has 6 nitrogen and oxygen atoms in total.